The van der Waals surface area contributed by atoms with Gasteiger partial charge in [0.2, 0.25) is 0 Å². The highest BCUT2D eigenvalue weighted by molar-refractivity contribution is 7.23. The van der Waals surface area contributed by atoms with Gasteiger partial charge < -0.3 is 0 Å². The Morgan fingerprint density at radius 3 is 2.50 bits per heavy atom. The average molecular weight is 252 g/mol. The molecule has 2 aromatic heterocycles. The van der Waals surface area contributed by atoms with Crippen molar-refractivity contribution >= 4 is 38.5 Å². The van der Waals surface area contributed by atoms with E-state index in [4.69, 9.17) is 0 Å². The van der Waals surface area contributed by atoms with E-state index in [-0.39, 0.29) is 5.78 Å². The Morgan fingerprint density at radius 2 is 1.94 bits per heavy atom. The minimum absolute atomic E-state index is 0.256. The lowest BCUT2D eigenvalue weighted by Crippen LogP contribution is -1.94. The molecule has 0 bridgehead atoms. The van der Waals surface area contributed by atoms with E-state index in [1.807, 2.05) is 11.3 Å². The van der Waals surface area contributed by atoms with Crippen LogP contribution >= 0.6 is 22.7 Å². The molecule has 0 unspecified atom stereocenters. The second-order valence-corrected chi connectivity index (χ2v) is 6.07. The van der Waals surface area contributed by atoms with Gasteiger partial charge in [0.1, 0.15) is 5.78 Å². The van der Waals surface area contributed by atoms with Crippen LogP contribution in [0.15, 0.2) is 5.38 Å². The molecule has 2 heterocycles. The summed E-state index contributed by atoms with van der Waals surface area (Å²) in [6.07, 6.45) is 2.76. The highest BCUT2D eigenvalue weighted by Gasteiger charge is 2.15. The molecular formula is C13H16OS2. The number of carbonyl (C=O) groups is 1. The van der Waals surface area contributed by atoms with Gasteiger partial charge in [0.25, 0.3) is 0 Å². The van der Waals surface area contributed by atoms with Gasteiger partial charge in [-0.2, -0.15) is 0 Å². The fraction of sp³-hybridized carbons (Fsp3) is 0.462. The normalized spacial score (nSPS) is 11.2. The van der Waals surface area contributed by atoms with Crippen LogP contribution in [0.5, 0.6) is 0 Å². The highest BCUT2D eigenvalue weighted by atomic mass is 32.1. The Balaban J connectivity index is 2.59. The van der Waals surface area contributed by atoms with Gasteiger partial charge >= 0.3 is 0 Å². The Morgan fingerprint density at radius 1 is 1.25 bits per heavy atom. The van der Waals surface area contributed by atoms with E-state index in [2.05, 4.69) is 19.2 Å². The lowest BCUT2D eigenvalue weighted by molar-refractivity contribution is -0.116. The first-order valence-corrected chi connectivity index (χ1v) is 7.37. The van der Waals surface area contributed by atoms with E-state index < -0.39 is 0 Å². The summed E-state index contributed by atoms with van der Waals surface area (Å²) in [6, 6.07) is 0. The maximum Gasteiger partial charge on any atom is 0.134 e. The van der Waals surface area contributed by atoms with Crippen LogP contribution in [-0.4, -0.2) is 5.78 Å². The number of hydrogen-bond donors (Lipinski definition) is 0. The number of Topliss-reactive ketones (excluding diaryl/α,β-unsaturated/α-hetero) is 1. The summed E-state index contributed by atoms with van der Waals surface area (Å²) in [7, 11) is 0. The van der Waals surface area contributed by atoms with Crippen molar-refractivity contribution in [3.05, 3.63) is 20.7 Å². The summed E-state index contributed by atoms with van der Waals surface area (Å²) < 4.78 is 1.42. The molecule has 86 valence electrons. The fourth-order valence-electron chi connectivity index (χ4n) is 2.03. The predicted molar refractivity (Wildman–Crippen MR) is 72.8 cm³/mol. The largest absolute Gasteiger partial charge is 0.300 e. The molecule has 0 amide bonds. The Hall–Kier alpha value is -0.670. The van der Waals surface area contributed by atoms with Crippen molar-refractivity contribution in [3.8, 4) is 0 Å². The molecule has 0 saturated heterocycles. The summed E-state index contributed by atoms with van der Waals surface area (Å²) in [5, 5.41) is 3.54. The zero-order valence-electron chi connectivity index (χ0n) is 9.92. The Bertz CT molecular complexity index is 519. The number of fused-ring (bicyclic) bond motifs is 1. The van der Waals surface area contributed by atoms with Gasteiger partial charge in [-0.15, -0.1) is 22.7 Å². The predicted octanol–water partition coefficient (Wildman–Crippen LogP) is 4.22. The molecule has 0 spiro atoms. The van der Waals surface area contributed by atoms with Gasteiger partial charge in [0.15, 0.2) is 0 Å². The summed E-state index contributed by atoms with van der Waals surface area (Å²) in [5.41, 5.74) is 1.24. The third-order valence-corrected chi connectivity index (χ3v) is 5.42. The molecule has 3 heteroatoms. The van der Waals surface area contributed by atoms with Crippen LogP contribution in [-0.2, 0) is 24.1 Å². The van der Waals surface area contributed by atoms with Crippen molar-refractivity contribution in [2.75, 3.05) is 0 Å². The van der Waals surface area contributed by atoms with Crippen LogP contribution in [0.25, 0.3) is 10.1 Å². The monoisotopic (exact) mass is 252 g/mol. The number of ketones is 1. The van der Waals surface area contributed by atoms with Gasteiger partial charge in [-0.05, 0) is 30.7 Å². The summed E-state index contributed by atoms with van der Waals surface area (Å²) in [4.78, 5) is 14.2. The first-order valence-electron chi connectivity index (χ1n) is 5.67. The number of thiophene rings is 2. The Labute approximate surface area is 104 Å². The molecular weight excluding hydrogens is 236 g/mol. The van der Waals surface area contributed by atoms with Gasteiger partial charge in [0.05, 0.1) is 0 Å². The van der Waals surface area contributed by atoms with Crippen LogP contribution in [0.2, 0.25) is 0 Å². The molecule has 0 aromatic carbocycles. The standard InChI is InChI=1S/C13H16OS2/c1-4-10-12-9(6-8(3)14)7-15-13(12)11(5-2)16-10/h7H,4-6H2,1-3H3. The van der Waals surface area contributed by atoms with Crippen LogP contribution in [0.3, 0.4) is 0 Å². The minimum atomic E-state index is 0.256. The van der Waals surface area contributed by atoms with Crippen LogP contribution in [0, 0.1) is 0 Å². The number of rotatable bonds is 4. The van der Waals surface area contributed by atoms with E-state index in [0.29, 0.717) is 6.42 Å². The molecule has 1 nitrogen and oxygen atoms in total. The third-order valence-electron chi connectivity index (χ3n) is 2.73. The van der Waals surface area contributed by atoms with Crippen molar-refractivity contribution < 1.29 is 4.79 Å². The van der Waals surface area contributed by atoms with E-state index in [1.165, 1.54) is 25.4 Å². The van der Waals surface area contributed by atoms with Crippen molar-refractivity contribution in [1.82, 2.24) is 0 Å². The first-order chi connectivity index (χ1) is 7.67. The number of hydrogen-bond acceptors (Lipinski definition) is 3. The van der Waals surface area contributed by atoms with Gasteiger partial charge in [0, 0.05) is 26.3 Å². The van der Waals surface area contributed by atoms with Crippen LogP contribution in [0.1, 0.15) is 36.1 Å². The van der Waals surface area contributed by atoms with Gasteiger partial charge in [-0.25, -0.2) is 0 Å². The van der Waals surface area contributed by atoms with Crippen LogP contribution in [0.4, 0.5) is 0 Å². The molecule has 0 fully saturated rings. The van der Waals surface area contributed by atoms with E-state index in [1.54, 1.807) is 18.3 Å². The number of carbonyl (C=O) groups excluding carboxylic acids is 1. The lowest BCUT2D eigenvalue weighted by atomic mass is 10.1. The fourth-order valence-corrected chi connectivity index (χ4v) is 4.59. The van der Waals surface area contributed by atoms with Gasteiger partial charge in [-0.1, -0.05) is 13.8 Å². The molecule has 0 aliphatic heterocycles. The second kappa shape index (κ2) is 4.68. The number of aryl methyl sites for hydroxylation is 2. The maximum absolute atomic E-state index is 11.2. The summed E-state index contributed by atoms with van der Waals surface area (Å²) in [5.74, 6) is 0.256. The van der Waals surface area contributed by atoms with Gasteiger partial charge in [-0.3, -0.25) is 4.79 Å². The zero-order chi connectivity index (χ0) is 11.7. The highest BCUT2D eigenvalue weighted by Crippen LogP contribution is 2.39. The zero-order valence-corrected chi connectivity index (χ0v) is 11.6. The van der Waals surface area contributed by atoms with Crippen molar-refractivity contribution in [2.45, 2.75) is 40.0 Å². The van der Waals surface area contributed by atoms with E-state index >= 15 is 0 Å². The lowest BCUT2D eigenvalue weighted by Gasteiger charge is -1.95. The molecule has 0 atom stereocenters. The minimum Gasteiger partial charge on any atom is -0.300 e. The molecule has 0 N–H and O–H groups in total. The molecule has 16 heavy (non-hydrogen) atoms. The van der Waals surface area contributed by atoms with Crippen molar-refractivity contribution in [3.63, 3.8) is 0 Å². The third kappa shape index (κ3) is 1.94. The molecule has 2 aromatic rings. The molecule has 2 rings (SSSR count). The Kier molecular flexibility index (Phi) is 3.45. The maximum atomic E-state index is 11.2. The molecule has 0 aliphatic rings. The van der Waals surface area contributed by atoms with E-state index in [9.17, 15) is 4.79 Å². The smallest absolute Gasteiger partial charge is 0.134 e. The first kappa shape index (κ1) is 11.8. The molecule has 0 saturated carbocycles. The summed E-state index contributed by atoms with van der Waals surface area (Å²) in [6.45, 7) is 6.07. The van der Waals surface area contributed by atoms with Crippen molar-refractivity contribution in [2.24, 2.45) is 0 Å². The second-order valence-electron chi connectivity index (χ2n) is 4.00. The van der Waals surface area contributed by atoms with Crippen LogP contribution < -0.4 is 0 Å². The van der Waals surface area contributed by atoms with Crippen molar-refractivity contribution in [1.29, 1.82) is 0 Å². The van der Waals surface area contributed by atoms with E-state index in [0.717, 1.165) is 12.8 Å². The SMILES string of the molecule is CCc1sc(CC)c2c(CC(C)=O)csc12. The summed E-state index contributed by atoms with van der Waals surface area (Å²) >= 11 is 3.72. The average Bonchev–Trinajstić information content (AvgIpc) is 2.78. The quantitative estimate of drug-likeness (QED) is 0.796. The topological polar surface area (TPSA) is 17.1 Å². The molecule has 0 aliphatic carbocycles. The molecule has 0 radical (unpaired) electrons.